The summed E-state index contributed by atoms with van der Waals surface area (Å²) in [6.07, 6.45) is 0.268. The van der Waals surface area contributed by atoms with Gasteiger partial charge in [0.1, 0.15) is 6.10 Å². The lowest BCUT2D eigenvalue weighted by Crippen LogP contribution is -2.11. The first-order valence-electron chi connectivity index (χ1n) is 6.22. The summed E-state index contributed by atoms with van der Waals surface area (Å²) in [4.78, 5) is 11.3. The molecule has 20 heavy (non-hydrogen) atoms. The Kier molecular flexibility index (Phi) is 5.05. The molecule has 2 aromatic carbocycles. The second-order valence-corrected chi connectivity index (χ2v) is 5.35. The molecule has 2 rings (SSSR count). The Hall–Kier alpha value is -1.51. The van der Waals surface area contributed by atoms with Crippen LogP contribution in [-0.2, 0) is 16.0 Å². The molecule has 0 N–H and O–H groups in total. The van der Waals surface area contributed by atoms with Crippen molar-refractivity contribution >= 4 is 29.2 Å². The fraction of sp³-hybridized carbons (Fsp3) is 0.188. The van der Waals surface area contributed by atoms with Gasteiger partial charge in [0.25, 0.3) is 0 Å². The van der Waals surface area contributed by atoms with E-state index in [0.717, 1.165) is 11.1 Å². The highest BCUT2D eigenvalue weighted by Crippen LogP contribution is 2.24. The van der Waals surface area contributed by atoms with Gasteiger partial charge in [-0.05, 0) is 35.4 Å². The standard InChI is InChI=1S/C16H14Cl2O2/c1-11(19)20-16(13-4-8-15(18)9-5-13)10-12-2-6-14(17)7-3-12/h2-9,16H,10H2,1H3. The Morgan fingerprint density at radius 2 is 1.50 bits per heavy atom. The maximum Gasteiger partial charge on any atom is 0.303 e. The molecule has 0 saturated heterocycles. The van der Waals surface area contributed by atoms with E-state index in [1.165, 1.54) is 6.92 Å². The first-order valence-corrected chi connectivity index (χ1v) is 6.97. The molecule has 0 radical (unpaired) electrons. The quantitative estimate of drug-likeness (QED) is 0.755. The van der Waals surface area contributed by atoms with E-state index in [-0.39, 0.29) is 12.1 Å². The minimum absolute atomic E-state index is 0.307. The summed E-state index contributed by atoms with van der Waals surface area (Å²) in [5.41, 5.74) is 1.97. The zero-order chi connectivity index (χ0) is 14.5. The van der Waals surface area contributed by atoms with Crippen LogP contribution in [0.3, 0.4) is 0 Å². The molecule has 0 aliphatic rings. The van der Waals surface area contributed by atoms with Crippen molar-refractivity contribution in [2.75, 3.05) is 0 Å². The third-order valence-electron chi connectivity index (χ3n) is 2.88. The average molecular weight is 309 g/mol. The second kappa shape index (κ2) is 6.78. The molecule has 2 aromatic rings. The molecule has 104 valence electrons. The third kappa shape index (κ3) is 4.26. The minimum Gasteiger partial charge on any atom is -0.457 e. The summed E-state index contributed by atoms with van der Waals surface area (Å²) in [5.74, 6) is -0.307. The van der Waals surface area contributed by atoms with Gasteiger partial charge < -0.3 is 4.74 Å². The number of benzene rings is 2. The summed E-state index contributed by atoms with van der Waals surface area (Å²) in [6.45, 7) is 1.41. The van der Waals surface area contributed by atoms with E-state index in [1.807, 2.05) is 36.4 Å². The average Bonchev–Trinajstić information content (AvgIpc) is 2.41. The van der Waals surface area contributed by atoms with E-state index in [4.69, 9.17) is 27.9 Å². The second-order valence-electron chi connectivity index (χ2n) is 4.48. The Morgan fingerprint density at radius 3 is 2.00 bits per heavy atom. The fourth-order valence-electron chi connectivity index (χ4n) is 1.94. The van der Waals surface area contributed by atoms with Crippen molar-refractivity contribution in [3.05, 3.63) is 69.7 Å². The molecule has 0 saturated carbocycles. The number of ether oxygens (including phenoxy) is 1. The van der Waals surface area contributed by atoms with Crippen molar-refractivity contribution in [2.24, 2.45) is 0 Å². The molecule has 0 fully saturated rings. The molecule has 0 bridgehead atoms. The van der Waals surface area contributed by atoms with Gasteiger partial charge in [0.2, 0.25) is 0 Å². The molecule has 1 atom stereocenters. The SMILES string of the molecule is CC(=O)OC(Cc1ccc(Cl)cc1)c1ccc(Cl)cc1. The number of hydrogen-bond acceptors (Lipinski definition) is 2. The summed E-state index contributed by atoms with van der Waals surface area (Å²) in [6, 6.07) is 14.8. The van der Waals surface area contributed by atoms with Gasteiger partial charge in [0, 0.05) is 23.4 Å². The first-order chi connectivity index (χ1) is 9.54. The highest BCUT2D eigenvalue weighted by atomic mass is 35.5. The van der Waals surface area contributed by atoms with E-state index < -0.39 is 0 Å². The summed E-state index contributed by atoms with van der Waals surface area (Å²) >= 11 is 11.7. The summed E-state index contributed by atoms with van der Waals surface area (Å²) < 4.78 is 5.40. The Labute approximate surface area is 128 Å². The lowest BCUT2D eigenvalue weighted by molar-refractivity contribution is -0.146. The predicted octanol–water partition coefficient (Wildman–Crippen LogP) is 4.84. The lowest BCUT2D eigenvalue weighted by atomic mass is 10.0. The molecule has 1 unspecified atom stereocenters. The number of rotatable bonds is 4. The lowest BCUT2D eigenvalue weighted by Gasteiger charge is -2.17. The van der Waals surface area contributed by atoms with Crippen molar-refractivity contribution in [1.29, 1.82) is 0 Å². The molecule has 0 spiro atoms. The van der Waals surface area contributed by atoms with E-state index in [1.54, 1.807) is 12.1 Å². The van der Waals surface area contributed by atoms with Gasteiger partial charge in [0.15, 0.2) is 0 Å². The van der Waals surface area contributed by atoms with Gasteiger partial charge in [-0.1, -0.05) is 47.5 Å². The van der Waals surface area contributed by atoms with Crippen LogP contribution in [0.15, 0.2) is 48.5 Å². The van der Waals surface area contributed by atoms with E-state index >= 15 is 0 Å². The molecular formula is C16H14Cl2O2. The van der Waals surface area contributed by atoms with Crippen molar-refractivity contribution < 1.29 is 9.53 Å². The molecular weight excluding hydrogens is 295 g/mol. The number of carbonyl (C=O) groups is 1. The Morgan fingerprint density at radius 1 is 1.00 bits per heavy atom. The van der Waals surface area contributed by atoms with Gasteiger partial charge in [-0.25, -0.2) is 0 Å². The van der Waals surface area contributed by atoms with Crippen LogP contribution in [-0.4, -0.2) is 5.97 Å². The van der Waals surface area contributed by atoms with E-state index in [9.17, 15) is 4.79 Å². The third-order valence-corrected chi connectivity index (χ3v) is 3.39. The summed E-state index contributed by atoms with van der Waals surface area (Å²) in [7, 11) is 0. The Bertz CT molecular complexity index is 576. The molecule has 0 amide bonds. The van der Waals surface area contributed by atoms with Crippen molar-refractivity contribution in [2.45, 2.75) is 19.4 Å². The maximum atomic E-state index is 11.3. The molecule has 0 aromatic heterocycles. The predicted molar refractivity (Wildman–Crippen MR) is 81.1 cm³/mol. The van der Waals surface area contributed by atoms with Crippen molar-refractivity contribution in [3.63, 3.8) is 0 Å². The number of hydrogen-bond donors (Lipinski definition) is 0. The first kappa shape index (κ1) is 14.9. The van der Waals surface area contributed by atoms with Crippen LogP contribution >= 0.6 is 23.2 Å². The zero-order valence-corrected chi connectivity index (χ0v) is 12.5. The smallest absolute Gasteiger partial charge is 0.303 e. The van der Waals surface area contributed by atoms with Crippen LogP contribution in [0.2, 0.25) is 10.0 Å². The largest absolute Gasteiger partial charge is 0.457 e. The highest BCUT2D eigenvalue weighted by Gasteiger charge is 2.15. The van der Waals surface area contributed by atoms with Gasteiger partial charge in [0.05, 0.1) is 0 Å². The van der Waals surface area contributed by atoms with Gasteiger partial charge >= 0.3 is 5.97 Å². The minimum atomic E-state index is -0.328. The normalized spacial score (nSPS) is 11.9. The number of carbonyl (C=O) groups excluding carboxylic acids is 1. The summed E-state index contributed by atoms with van der Waals surface area (Å²) in [5, 5.41) is 1.34. The van der Waals surface area contributed by atoms with Crippen molar-refractivity contribution in [1.82, 2.24) is 0 Å². The van der Waals surface area contributed by atoms with Crippen LogP contribution in [0.5, 0.6) is 0 Å². The molecule has 0 aliphatic carbocycles. The van der Waals surface area contributed by atoms with E-state index in [0.29, 0.717) is 16.5 Å². The molecule has 4 heteroatoms. The van der Waals surface area contributed by atoms with Crippen LogP contribution < -0.4 is 0 Å². The van der Waals surface area contributed by atoms with Crippen molar-refractivity contribution in [3.8, 4) is 0 Å². The topological polar surface area (TPSA) is 26.3 Å². The highest BCUT2D eigenvalue weighted by molar-refractivity contribution is 6.30. The zero-order valence-electron chi connectivity index (χ0n) is 11.0. The van der Waals surface area contributed by atoms with Crippen LogP contribution in [0, 0.1) is 0 Å². The number of halogens is 2. The fourth-order valence-corrected chi connectivity index (χ4v) is 2.19. The van der Waals surface area contributed by atoms with E-state index in [2.05, 4.69) is 0 Å². The van der Waals surface area contributed by atoms with Gasteiger partial charge in [-0.3, -0.25) is 4.79 Å². The van der Waals surface area contributed by atoms with Gasteiger partial charge in [-0.2, -0.15) is 0 Å². The van der Waals surface area contributed by atoms with Crippen LogP contribution in [0.25, 0.3) is 0 Å². The molecule has 2 nitrogen and oxygen atoms in total. The van der Waals surface area contributed by atoms with Crippen LogP contribution in [0.4, 0.5) is 0 Å². The molecule has 0 heterocycles. The van der Waals surface area contributed by atoms with Crippen LogP contribution in [0.1, 0.15) is 24.2 Å². The number of esters is 1. The molecule has 0 aliphatic heterocycles. The monoisotopic (exact) mass is 308 g/mol. The van der Waals surface area contributed by atoms with Gasteiger partial charge in [-0.15, -0.1) is 0 Å². The maximum absolute atomic E-state index is 11.3. The Balaban J connectivity index is 2.21.